The Morgan fingerprint density at radius 3 is 2.40 bits per heavy atom. The second-order valence-corrected chi connectivity index (χ2v) is 7.03. The van der Waals surface area contributed by atoms with Crippen LogP contribution in [0.5, 0.6) is 11.5 Å². The Morgan fingerprint density at radius 2 is 1.68 bits per heavy atom. The summed E-state index contributed by atoms with van der Waals surface area (Å²) in [6, 6.07) is 7.99. The van der Waals surface area contributed by atoms with Crippen LogP contribution in [0, 0.1) is 0 Å². The molecule has 2 aromatic rings. The van der Waals surface area contributed by atoms with Crippen LogP contribution in [0.4, 0.5) is 18.9 Å². The monoisotopic (exact) mass is 373 g/mol. The minimum absolute atomic E-state index is 0.168. The molecule has 0 aliphatic carbocycles. The Morgan fingerprint density at radius 1 is 0.960 bits per heavy atom. The van der Waals surface area contributed by atoms with Crippen molar-refractivity contribution >= 4 is 15.7 Å². The van der Waals surface area contributed by atoms with Crippen LogP contribution >= 0.6 is 0 Å². The van der Waals surface area contributed by atoms with E-state index in [0.717, 1.165) is 18.2 Å². The Bertz CT molecular complexity index is 881. The van der Waals surface area contributed by atoms with E-state index < -0.39 is 26.7 Å². The van der Waals surface area contributed by atoms with Gasteiger partial charge in [-0.3, -0.25) is 4.72 Å². The highest BCUT2D eigenvalue weighted by atomic mass is 32.2. The van der Waals surface area contributed by atoms with Gasteiger partial charge >= 0.3 is 6.18 Å². The van der Waals surface area contributed by atoms with Gasteiger partial charge in [0, 0.05) is 12.5 Å². The number of hydrogen-bond acceptors (Lipinski definition) is 4. The lowest BCUT2D eigenvalue weighted by Gasteiger charge is -2.13. The second-order valence-electron chi connectivity index (χ2n) is 5.34. The maximum absolute atomic E-state index is 12.8. The van der Waals surface area contributed by atoms with Crippen molar-refractivity contribution < 1.29 is 31.1 Å². The maximum Gasteiger partial charge on any atom is 0.416 e. The summed E-state index contributed by atoms with van der Waals surface area (Å²) in [5.74, 6) is 0.862. The van der Waals surface area contributed by atoms with E-state index in [-0.39, 0.29) is 5.69 Å². The summed E-state index contributed by atoms with van der Waals surface area (Å²) in [4.78, 5) is -0.477. The zero-order valence-electron chi connectivity index (χ0n) is 12.8. The highest BCUT2D eigenvalue weighted by molar-refractivity contribution is 7.92. The van der Waals surface area contributed by atoms with Gasteiger partial charge in [0.1, 0.15) is 0 Å². The normalized spacial score (nSPS) is 14.7. The van der Waals surface area contributed by atoms with E-state index >= 15 is 0 Å². The van der Waals surface area contributed by atoms with Gasteiger partial charge in [0.2, 0.25) is 0 Å². The summed E-state index contributed by atoms with van der Waals surface area (Å²) in [6.07, 6.45) is -3.93. The highest BCUT2D eigenvalue weighted by Gasteiger charge is 2.31. The van der Waals surface area contributed by atoms with Crippen LogP contribution < -0.4 is 14.2 Å². The molecule has 0 radical (unpaired) electrons. The van der Waals surface area contributed by atoms with Gasteiger partial charge in [0.25, 0.3) is 10.0 Å². The third-order valence-corrected chi connectivity index (χ3v) is 4.85. The van der Waals surface area contributed by atoms with E-state index in [4.69, 9.17) is 9.47 Å². The lowest BCUT2D eigenvalue weighted by molar-refractivity contribution is -0.137. The predicted octanol–water partition coefficient (Wildman–Crippen LogP) is 3.67. The van der Waals surface area contributed by atoms with Crippen molar-refractivity contribution in [3.05, 3.63) is 48.0 Å². The molecule has 1 N–H and O–H groups in total. The molecule has 134 valence electrons. The number of benzene rings is 2. The van der Waals surface area contributed by atoms with E-state index in [0.29, 0.717) is 37.2 Å². The fourth-order valence-electron chi connectivity index (χ4n) is 2.28. The summed E-state index contributed by atoms with van der Waals surface area (Å²) in [5, 5.41) is 0. The average molecular weight is 373 g/mol. The Kier molecular flexibility index (Phi) is 4.51. The molecule has 9 heteroatoms. The molecule has 0 saturated heterocycles. The van der Waals surface area contributed by atoms with Crippen LogP contribution in [0.2, 0.25) is 0 Å². The first-order chi connectivity index (χ1) is 11.8. The molecule has 0 aromatic heterocycles. The molecule has 5 nitrogen and oxygen atoms in total. The molecule has 0 fully saturated rings. The summed E-state index contributed by atoms with van der Waals surface area (Å²) in [7, 11) is -4.18. The number of sulfonamides is 1. The van der Waals surface area contributed by atoms with E-state index in [2.05, 4.69) is 4.72 Å². The summed E-state index contributed by atoms with van der Waals surface area (Å²) < 4.78 is 76.2. The molecule has 0 saturated carbocycles. The number of hydrogen-bond donors (Lipinski definition) is 1. The number of halogens is 3. The smallest absolute Gasteiger partial charge is 0.416 e. The number of anilines is 1. The van der Waals surface area contributed by atoms with Gasteiger partial charge in [-0.15, -0.1) is 0 Å². The predicted molar refractivity (Wildman–Crippen MR) is 84.3 cm³/mol. The fraction of sp³-hybridized carbons (Fsp3) is 0.250. The molecule has 0 spiro atoms. The zero-order chi connectivity index (χ0) is 18.1. The van der Waals surface area contributed by atoms with Crippen molar-refractivity contribution in [1.82, 2.24) is 0 Å². The Hall–Kier alpha value is -2.42. The lowest BCUT2D eigenvalue weighted by atomic mass is 10.2. The van der Waals surface area contributed by atoms with Crippen molar-refractivity contribution in [2.75, 3.05) is 17.9 Å². The third kappa shape index (κ3) is 3.98. The van der Waals surface area contributed by atoms with Gasteiger partial charge in [-0.25, -0.2) is 8.42 Å². The van der Waals surface area contributed by atoms with E-state index in [1.165, 1.54) is 12.1 Å². The summed E-state index contributed by atoms with van der Waals surface area (Å²) in [5.41, 5.74) is -0.865. The fourth-order valence-corrected chi connectivity index (χ4v) is 3.38. The van der Waals surface area contributed by atoms with Crippen LogP contribution in [0.15, 0.2) is 47.4 Å². The van der Waals surface area contributed by atoms with Gasteiger partial charge in [-0.05, 0) is 30.3 Å². The molecule has 1 heterocycles. The number of fused-ring (bicyclic) bond motifs is 1. The molecule has 1 aliphatic rings. The third-order valence-electron chi connectivity index (χ3n) is 3.47. The molecule has 25 heavy (non-hydrogen) atoms. The van der Waals surface area contributed by atoms with Crippen LogP contribution in [0.1, 0.15) is 12.0 Å². The van der Waals surface area contributed by atoms with Crippen molar-refractivity contribution in [3.8, 4) is 11.5 Å². The molecule has 0 unspecified atom stereocenters. The number of nitrogens with one attached hydrogen (secondary N) is 1. The van der Waals surface area contributed by atoms with Crippen molar-refractivity contribution in [2.24, 2.45) is 0 Å². The van der Waals surface area contributed by atoms with Gasteiger partial charge in [-0.1, -0.05) is 6.07 Å². The van der Waals surface area contributed by atoms with Gasteiger partial charge < -0.3 is 9.47 Å². The SMILES string of the molecule is O=S(=O)(Nc1ccc2c(c1)OCCCO2)c1cccc(C(F)(F)F)c1. The largest absolute Gasteiger partial charge is 0.490 e. The van der Waals surface area contributed by atoms with Gasteiger partial charge in [-0.2, -0.15) is 13.2 Å². The van der Waals surface area contributed by atoms with E-state index in [1.807, 2.05) is 0 Å². The molecule has 2 aromatic carbocycles. The topological polar surface area (TPSA) is 64.6 Å². The van der Waals surface area contributed by atoms with Crippen LogP contribution in [-0.2, 0) is 16.2 Å². The van der Waals surface area contributed by atoms with Gasteiger partial charge in [0.05, 0.1) is 29.4 Å². The standard InChI is InChI=1S/C16H14F3NO4S/c17-16(18,19)11-3-1-4-13(9-11)25(21,22)20-12-5-6-14-15(10-12)24-8-2-7-23-14/h1,3-6,9-10,20H,2,7-8H2. The van der Waals surface area contributed by atoms with Crippen LogP contribution in [0.25, 0.3) is 0 Å². The molecule has 1 aliphatic heterocycles. The number of ether oxygens (including phenoxy) is 2. The quantitative estimate of drug-likeness (QED) is 0.892. The first kappa shape index (κ1) is 17.4. The zero-order valence-corrected chi connectivity index (χ0v) is 13.7. The first-order valence-electron chi connectivity index (χ1n) is 7.35. The van der Waals surface area contributed by atoms with E-state index in [9.17, 15) is 21.6 Å². The Balaban J connectivity index is 1.88. The Labute approximate surface area is 142 Å². The number of rotatable bonds is 3. The average Bonchev–Trinajstić information content (AvgIpc) is 2.79. The second kappa shape index (κ2) is 6.47. The first-order valence-corrected chi connectivity index (χ1v) is 8.84. The molecule has 0 bridgehead atoms. The van der Waals surface area contributed by atoms with Crippen LogP contribution in [0.3, 0.4) is 0 Å². The minimum Gasteiger partial charge on any atom is -0.490 e. The molecule has 0 atom stereocenters. The summed E-state index contributed by atoms with van der Waals surface area (Å²) in [6.45, 7) is 0.916. The lowest BCUT2D eigenvalue weighted by Crippen LogP contribution is -2.14. The minimum atomic E-state index is -4.62. The highest BCUT2D eigenvalue weighted by Crippen LogP contribution is 2.34. The van der Waals surface area contributed by atoms with Crippen molar-refractivity contribution in [2.45, 2.75) is 17.5 Å². The van der Waals surface area contributed by atoms with Crippen molar-refractivity contribution in [3.63, 3.8) is 0 Å². The number of alkyl halides is 3. The van der Waals surface area contributed by atoms with Gasteiger partial charge in [0.15, 0.2) is 11.5 Å². The molecule has 3 rings (SSSR count). The summed E-state index contributed by atoms with van der Waals surface area (Å²) >= 11 is 0. The maximum atomic E-state index is 12.8. The van der Waals surface area contributed by atoms with E-state index in [1.54, 1.807) is 6.07 Å². The van der Waals surface area contributed by atoms with Crippen LogP contribution in [-0.4, -0.2) is 21.6 Å². The molecular formula is C16H14F3NO4S. The van der Waals surface area contributed by atoms with Crippen molar-refractivity contribution in [1.29, 1.82) is 0 Å². The molecular weight excluding hydrogens is 359 g/mol. The molecule has 0 amide bonds.